The molecule has 1 aliphatic heterocycles. The van der Waals surface area contributed by atoms with E-state index in [1.807, 2.05) is 30.5 Å². The summed E-state index contributed by atoms with van der Waals surface area (Å²) in [6.07, 6.45) is -2.90. The largest absolute Gasteiger partial charge is 0.394 e. The van der Waals surface area contributed by atoms with Crippen molar-refractivity contribution in [2.75, 3.05) is 12.9 Å². The maximum absolute atomic E-state index is 10.3. The van der Waals surface area contributed by atoms with Crippen LogP contribution in [-0.2, 0) is 11.2 Å². The predicted molar refractivity (Wildman–Crippen MR) is 100 cm³/mol. The molecule has 2 aromatic rings. The van der Waals surface area contributed by atoms with E-state index in [1.54, 1.807) is 11.8 Å². The molecule has 5 atom stereocenters. The Morgan fingerprint density at radius 2 is 1.65 bits per heavy atom. The van der Waals surface area contributed by atoms with E-state index in [2.05, 4.69) is 24.3 Å². The molecule has 4 N–H and O–H groups in total. The van der Waals surface area contributed by atoms with E-state index >= 15 is 0 Å². The molecule has 1 aliphatic rings. The second-order valence-electron chi connectivity index (χ2n) is 6.52. The lowest BCUT2D eigenvalue weighted by molar-refractivity contribution is -0.231. The molecule has 0 saturated carbocycles. The van der Waals surface area contributed by atoms with Crippen molar-refractivity contribution in [1.82, 2.24) is 0 Å². The molecule has 140 valence electrons. The maximum Gasteiger partial charge on any atom is 0.113 e. The van der Waals surface area contributed by atoms with Gasteiger partial charge in [-0.2, -0.15) is 0 Å². The van der Waals surface area contributed by atoms with Gasteiger partial charge in [0.15, 0.2) is 0 Å². The molecule has 0 amide bonds. The minimum absolute atomic E-state index is 0.428. The van der Waals surface area contributed by atoms with Gasteiger partial charge in [0.1, 0.15) is 30.5 Å². The smallest absolute Gasteiger partial charge is 0.113 e. The number of rotatable bonds is 5. The van der Waals surface area contributed by atoms with E-state index in [1.165, 1.54) is 10.5 Å². The van der Waals surface area contributed by atoms with E-state index in [-0.39, 0.29) is 0 Å². The molecule has 2 aromatic carbocycles. The highest BCUT2D eigenvalue weighted by molar-refractivity contribution is 7.98. The third-order valence-electron chi connectivity index (χ3n) is 4.74. The Morgan fingerprint density at radius 3 is 2.31 bits per heavy atom. The molecule has 5 nitrogen and oxygen atoms in total. The number of hydrogen-bond donors (Lipinski definition) is 4. The van der Waals surface area contributed by atoms with Gasteiger partial charge in [-0.3, -0.25) is 0 Å². The minimum Gasteiger partial charge on any atom is -0.394 e. The fraction of sp³-hybridized carbons (Fsp3) is 0.400. The van der Waals surface area contributed by atoms with E-state index in [0.717, 1.165) is 12.0 Å². The molecule has 1 fully saturated rings. The third-order valence-corrected chi connectivity index (χ3v) is 5.48. The van der Waals surface area contributed by atoms with Crippen LogP contribution in [0.25, 0.3) is 0 Å². The standard InChI is InChI=1S/C20H24O5S/c1-26-15-7-5-12(6-8-15)9-13-3-2-4-14(10-13)20-19(24)18(23)17(22)16(11-21)25-20/h2-8,10,16-24H,9,11H2,1H3. The first-order valence-electron chi connectivity index (χ1n) is 8.55. The Morgan fingerprint density at radius 1 is 0.923 bits per heavy atom. The summed E-state index contributed by atoms with van der Waals surface area (Å²) in [6.45, 7) is -0.428. The van der Waals surface area contributed by atoms with E-state index in [4.69, 9.17) is 4.74 Å². The lowest BCUT2D eigenvalue weighted by atomic mass is 9.90. The number of aliphatic hydroxyl groups is 4. The Kier molecular flexibility index (Phi) is 6.34. The van der Waals surface area contributed by atoms with Gasteiger partial charge in [-0.05, 0) is 41.5 Å². The van der Waals surface area contributed by atoms with Crippen LogP contribution in [0.5, 0.6) is 0 Å². The SMILES string of the molecule is CSc1ccc(Cc2cccc(C3OC(CO)C(O)C(O)C3O)c2)cc1. The van der Waals surface area contributed by atoms with E-state index in [9.17, 15) is 20.4 Å². The van der Waals surface area contributed by atoms with Crippen molar-refractivity contribution < 1.29 is 25.2 Å². The lowest BCUT2D eigenvalue weighted by Crippen LogP contribution is -2.55. The highest BCUT2D eigenvalue weighted by Crippen LogP contribution is 2.33. The molecular formula is C20H24O5S. The summed E-state index contributed by atoms with van der Waals surface area (Å²) >= 11 is 1.70. The zero-order valence-electron chi connectivity index (χ0n) is 14.5. The maximum atomic E-state index is 10.3. The third kappa shape index (κ3) is 4.11. The van der Waals surface area contributed by atoms with Gasteiger partial charge >= 0.3 is 0 Å². The van der Waals surface area contributed by atoms with Crippen LogP contribution in [-0.4, -0.2) is 57.7 Å². The first-order chi connectivity index (χ1) is 12.5. The summed E-state index contributed by atoms with van der Waals surface area (Å²) in [6, 6.07) is 16.0. The normalized spacial score (nSPS) is 28.9. The number of ether oxygens (including phenoxy) is 1. The zero-order valence-corrected chi connectivity index (χ0v) is 15.3. The molecule has 0 spiro atoms. The predicted octanol–water partition coefficient (Wildman–Crippen LogP) is 1.51. The summed E-state index contributed by atoms with van der Waals surface area (Å²) < 4.78 is 5.64. The van der Waals surface area contributed by atoms with Crippen molar-refractivity contribution in [3.8, 4) is 0 Å². The second kappa shape index (κ2) is 8.52. The lowest BCUT2D eigenvalue weighted by Gasteiger charge is -2.40. The van der Waals surface area contributed by atoms with Crippen molar-refractivity contribution in [3.05, 3.63) is 65.2 Å². The van der Waals surface area contributed by atoms with Gasteiger partial charge in [-0.15, -0.1) is 11.8 Å². The molecule has 0 aromatic heterocycles. The molecule has 1 heterocycles. The first-order valence-corrected chi connectivity index (χ1v) is 9.78. The highest BCUT2D eigenvalue weighted by atomic mass is 32.2. The topological polar surface area (TPSA) is 90.2 Å². The summed E-state index contributed by atoms with van der Waals surface area (Å²) in [4.78, 5) is 1.21. The van der Waals surface area contributed by atoms with Crippen LogP contribution < -0.4 is 0 Å². The van der Waals surface area contributed by atoms with Crippen LogP contribution in [0.1, 0.15) is 22.8 Å². The van der Waals surface area contributed by atoms with Gasteiger partial charge in [0.2, 0.25) is 0 Å². The van der Waals surface area contributed by atoms with Gasteiger partial charge in [0.05, 0.1) is 6.61 Å². The van der Waals surface area contributed by atoms with Crippen LogP contribution in [0.3, 0.4) is 0 Å². The van der Waals surface area contributed by atoms with Crippen LogP contribution in [0.15, 0.2) is 53.4 Å². The molecule has 0 bridgehead atoms. The second-order valence-corrected chi connectivity index (χ2v) is 7.40. The van der Waals surface area contributed by atoms with Gasteiger partial charge in [-0.1, -0.05) is 36.4 Å². The minimum atomic E-state index is -1.37. The number of thioether (sulfide) groups is 1. The molecular weight excluding hydrogens is 352 g/mol. The number of hydrogen-bond acceptors (Lipinski definition) is 6. The van der Waals surface area contributed by atoms with Crippen molar-refractivity contribution in [1.29, 1.82) is 0 Å². The Bertz CT molecular complexity index is 718. The van der Waals surface area contributed by atoms with E-state index < -0.39 is 37.1 Å². The average Bonchev–Trinajstić information content (AvgIpc) is 2.67. The number of aliphatic hydroxyl groups excluding tert-OH is 4. The van der Waals surface area contributed by atoms with Gasteiger partial charge in [-0.25, -0.2) is 0 Å². The van der Waals surface area contributed by atoms with Gasteiger partial charge in [0, 0.05) is 4.90 Å². The fourth-order valence-corrected chi connectivity index (χ4v) is 3.64. The Labute approximate surface area is 157 Å². The van der Waals surface area contributed by atoms with Crippen molar-refractivity contribution in [3.63, 3.8) is 0 Å². The van der Waals surface area contributed by atoms with Crippen LogP contribution >= 0.6 is 11.8 Å². The van der Waals surface area contributed by atoms with Crippen LogP contribution in [0, 0.1) is 0 Å². The Hall–Kier alpha value is -1.41. The molecule has 3 rings (SSSR count). The molecule has 0 radical (unpaired) electrons. The average molecular weight is 376 g/mol. The summed E-state index contributed by atoms with van der Waals surface area (Å²) in [7, 11) is 0. The van der Waals surface area contributed by atoms with Crippen molar-refractivity contribution in [2.45, 2.75) is 41.8 Å². The molecule has 26 heavy (non-hydrogen) atoms. The molecule has 6 heteroatoms. The zero-order chi connectivity index (χ0) is 18.7. The van der Waals surface area contributed by atoms with Gasteiger partial charge < -0.3 is 25.2 Å². The summed E-state index contributed by atoms with van der Waals surface area (Å²) in [5.41, 5.74) is 2.94. The fourth-order valence-electron chi connectivity index (χ4n) is 3.24. The molecule has 1 saturated heterocycles. The van der Waals surface area contributed by atoms with Crippen LogP contribution in [0.4, 0.5) is 0 Å². The molecule has 0 aliphatic carbocycles. The highest BCUT2D eigenvalue weighted by Gasteiger charge is 2.43. The first kappa shape index (κ1) is 19.4. The summed E-state index contributed by atoms with van der Waals surface area (Å²) in [5, 5.41) is 39.5. The number of benzene rings is 2. The van der Waals surface area contributed by atoms with Crippen molar-refractivity contribution in [2.24, 2.45) is 0 Å². The van der Waals surface area contributed by atoms with E-state index in [0.29, 0.717) is 5.56 Å². The quantitative estimate of drug-likeness (QED) is 0.592. The van der Waals surface area contributed by atoms with Crippen molar-refractivity contribution >= 4 is 11.8 Å². The Balaban J connectivity index is 1.79. The summed E-state index contributed by atoms with van der Waals surface area (Å²) in [5.74, 6) is 0. The van der Waals surface area contributed by atoms with Gasteiger partial charge in [0.25, 0.3) is 0 Å². The van der Waals surface area contributed by atoms with Crippen LogP contribution in [0.2, 0.25) is 0 Å². The monoisotopic (exact) mass is 376 g/mol. The molecule has 5 unspecified atom stereocenters.